The van der Waals surface area contributed by atoms with Crippen molar-refractivity contribution >= 4 is 22.9 Å². The third kappa shape index (κ3) is 4.68. The minimum Gasteiger partial charge on any atom is -0.326 e. The molecule has 1 aromatic heterocycles. The Morgan fingerprint density at radius 3 is 2.32 bits per heavy atom. The summed E-state index contributed by atoms with van der Waals surface area (Å²) in [5.41, 5.74) is 6.67. The summed E-state index contributed by atoms with van der Waals surface area (Å²) in [5.74, 6) is 0.369. The molecule has 2 aliphatic carbocycles. The fourth-order valence-corrected chi connectivity index (χ4v) is 5.95. The summed E-state index contributed by atoms with van der Waals surface area (Å²) in [5, 5.41) is 14.1. The van der Waals surface area contributed by atoms with Gasteiger partial charge < -0.3 is 5.32 Å². The molecule has 0 saturated heterocycles. The highest BCUT2D eigenvalue weighted by molar-refractivity contribution is 7.14. The van der Waals surface area contributed by atoms with Gasteiger partial charge in [-0.1, -0.05) is 69.7 Å². The van der Waals surface area contributed by atoms with Crippen LogP contribution in [0, 0.1) is 5.92 Å². The highest BCUT2D eigenvalue weighted by Crippen LogP contribution is 2.46. The molecule has 0 spiro atoms. The minimum absolute atomic E-state index is 0.162. The van der Waals surface area contributed by atoms with Gasteiger partial charge in [-0.3, -0.25) is 4.79 Å². The van der Waals surface area contributed by atoms with E-state index in [0.717, 1.165) is 41.4 Å². The zero-order chi connectivity index (χ0) is 23.9. The van der Waals surface area contributed by atoms with Gasteiger partial charge in [0, 0.05) is 23.6 Å². The number of fused-ring (bicyclic) bond motifs is 1. The Hall–Kier alpha value is -2.53. The zero-order valence-electron chi connectivity index (χ0n) is 20.8. The molecule has 1 amide bonds. The number of amides is 1. The first kappa shape index (κ1) is 23.2. The number of carbonyl (C=O) groups excluding carboxylic acids is 1. The molecule has 0 bridgehead atoms. The summed E-state index contributed by atoms with van der Waals surface area (Å²) < 4.78 is 0. The average molecular weight is 474 g/mol. The van der Waals surface area contributed by atoms with Crippen molar-refractivity contribution in [3.63, 3.8) is 0 Å². The molecule has 0 radical (unpaired) electrons. The van der Waals surface area contributed by atoms with E-state index in [9.17, 15) is 4.79 Å². The normalized spacial score (nSPS) is 18.7. The number of aryl methyl sites for hydroxylation is 2. The quantitative estimate of drug-likeness (QED) is 0.416. The van der Waals surface area contributed by atoms with Gasteiger partial charge >= 0.3 is 0 Å². The van der Waals surface area contributed by atoms with Gasteiger partial charge in [-0.2, -0.15) is 0 Å². The monoisotopic (exact) mass is 473 g/mol. The number of nitrogens with zero attached hydrogens (tertiary/aromatic N) is 2. The molecule has 5 heteroatoms. The van der Waals surface area contributed by atoms with Crippen LogP contribution in [-0.2, 0) is 28.5 Å². The Kier molecular flexibility index (Phi) is 6.09. The highest BCUT2D eigenvalue weighted by atomic mass is 32.1. The molecular weight excluding hydrogens is 438 g/mol. The second-order valence-corrected chi connectivity index (χ2v) is 12.4. The molecule has 1 fully saturated rings. The number of anilines is 1. The third-order valence-corrected chi connectivity index (χ3v) is 8.92. The van der Waals surface area contributed by atoms with Gasteiger partial charge in [-0.05, 0) is 77.8 Å². The van der Waals surface area contributed by atoms with Crippen LogP contribution < -0.4 is 5.32 Å². The lowest BCUT2D eigenvalue weighted by atomic mass is 9.63. The van der Waals surface area contributed by atoms with E-state index in [1.54, 1.807) is 11.3 Å². The Morgan fingerprint density at radius 2 is 1.65 bits per heavy atom. The van der Waals surface area contributed by atoms with Gasteiger partial charge in [0.05, 0.1) is 0 Å². The van der Waals surface area contributed by atoms with E-state index < -0.39 is 0 Å². The first-order valence-electron chi connectivity index (χ1n) is 12.6. The lowest BCUT2D eigenvalue weighted by Gasteiger charge is -2.42. The summed E-state index contributed by atoms with van der Waals surface area (Å²) in [6, 6.07) is 15.1. The maximum Gasteiger partial charge on any atom is 0.227 e. The van der Waals surface area contributed by atoms with Crippen molar-refractivity contribution in [3.05, 3.63) is 64.2 Å². The average Bonchev–Trinajstić information content (AvgIpc) is 3.24. The number of hydrogen-bond acceptors (Lipinski definition) is 4. The Morgan fingerprint density at radius 1 is 0.941 bits per heavy atom. The molecule has 0 aliphatic heterocycles. The highest BCUT2D eigenvalue weighted by Gasteiger charge is 2.37. The number of nitrogens with one attached hydrogen (secondary N) is 1. The standard InChI is InChI=1S/C29H35N3OS/c1-28(2)16-17-29(3,4)24-18-21(11-14-23(24)28)27-32-31-25(34-27)15-10-19-8-12-22(13-9-19)30-26(33)20-6-5-7-20/h8-9,11-14,18,20H,5-7,10,15-17H2,1-4H3,(H,30,33). The van der Waals surface area contributed by atoms with Crippen LogP contribution in [0.25, 0.3) is 10.6 Å². The second-order valence-electron chi connectivity index (χ2n) is 11.3. The van der Waals surface area contributed by atoms with Crippen molar-refractivity contribution in [2.75, 3.05) is 5.32 Å². The topological polar surface area (TPSA) is 54.9 Å². The first-order chi connectivity index (χ1) is 16.2. The molecule has 2 aromatic carbocycles. The Labute approximate surface area is 207 Å². The number of hydrogen-bond donors (Lipinski definition) is 1. The van der Waals surface area contributed by atoms with E-state index in [2.05, 4.69) is 73.5 Å². The van der Waals surface area contributed by atoms with Crippen LogP contribution in [0.2, 0.25) is 0 Å². The van der Waals surface area contributed by atoms with Crippen molar-refractivity contribution in [3.8, 4) is 10.6 Å². The van der Waals surface area contributed by atoms with Crippen LogP contribution in [0.4, 0.5) is 5.69 Å². The molecule has 1 saturated carbocycles. The first-order valence-corrected chi connectivity index (χ1v) is 13.4. The summed E-state index contributed by atoms with van der Waals surface area (Å²) in [6.45, 7) is 9.44. The fourth-order valence-electron chi connectivity index (χ4n) is 5.11. The van der Waals surface area contributed by atoms with Crippen LogP contribution in [0.1, 0.15) is 81.5 Å². The van der Waals surface area contributed by atoms with E-state index in [0.29, 0.717) is 0 Å². The molecule has 1 heterocycles. The zero-order valence-corrected chi connectivity index (χ0v) is 21.6. The van der Waals surface area contributed by atoms with Gasteiger partial charge in [-0.15, -0.1) is 10.2 Å². The fraction of sp³-hybridized carbons (Fsp3) is 0.483. The van der Waals surface area contributed by atoms with Crippen molar-refractivity contribution in [2.45, 2.75) is 83.5 Å². The molecule has 5 rings (SSSR count). The number of carbonyl (C=O) groups is 1. The predicted octanol–water partition coefficient (Wildman–Crippen LogP) is 7.08. The van der Waals surface area contributed by atoms with Gasteiger partial charge in [0.1, 0.15) is 10.0 Å². The predicted molar refractivity (Wildman–Crippen MR) is 140 cm³/mol. The largest absolute Gasteiger partial charge is 0.326 e. The summed E-state index contributed by atoms with van der Waals surface area (Å²) in [6.07, 6.45) is 7.44. The van der Waals surface area contributed by atoms with Crippen molar-refractivity contribution in [2.24, 2.45) is 5.92 Å². The van der Waals surface area contributed by atoms with E-state index in [1.165, 1.54) is 41.5 Å². The third-order valence-electron chi connectivity index (χ3n) is 7.89. The minimum atomic E-state index is 0.162. The molecule has 178 valence electrons. The van der Waals surface area contributed by atoms with Crippen molar-refractivity contribution in [1.82, 2.24) is 10.2 Å². The van der Waals surface area contributed by atoms with Crippen LogP contribution >= 0.6 is 11.3 Å². The molecule has 34 heavy (non-hydrogen) atoms. The van der Waals surface area contributed by atoms with E-state index >= 15 is 0 Å². The smallest absolute Gasteiger partial charge is 0.227 e. The number of aromatic nitrogens is 2. The molecular formula is C29H35N3OS. The lowest BCUT2D eigenvalue weighted by molar-refractivity contribution is -0.122. The van der Waals surface area contributed by atoms with Crippen molar-refractivity contribution in [1.29, 1.82) is 0 Å². The van der Waals surface area contributed by atoms with Gasteiger partial charge in [0.25, 0.3) is 0 Å². The molecule has 0 atom stereocenters. The summed E-state index contributed by atoms with van der Waals surface area (Å²) >= 11 is 1.70. The van der Waals surface area contributed by atoms with Gasteiger partial charge in [0.15, 0.2) is 0 Å². The Bertz CT molecular complexity index is 1190. The molecule has 1 N–H and O–H groups in total. The van der Waals surface area contributed by atoms with Gasteiger partial charge in [-0.25, -0.2) is 0 Å². The summed E-state index contributed by atoms with van der Waals surface area (Å²) in [7, 11) is 0. The van der Waals surface area contributed by atoms with E-state index in [4.69, 9.17) is 0 Å². The summed E-state index contributed by atoms with van der Waals surface area (Å²) in [4.78, 5) is 12.1. The SMILES string of the molecule is CC1(C)CCC(C)(C)c2cc(-c3nnc(CCc4ccc(NC(=O)C5CCC5)cc4)s3)ccc21. The second kappa shape index (κ2) is 8.92. The van der Waals surface area contributed by atoms with Crippen LogP contribution in [0.15, 0.2) is 42.5 Å². The maximum atomic E-state index is 12.1. The van der Waals surface area contributed by atoms with E-state index in [-0.39, 0.29) is 22.7 Å². The Balaban J connectivity index is 1.24. The molecule has 0 unspecified atom stereocenters. The van der Waals surface area contributed by atoms with Crippen LogP contribution in [0.3, 0.4) is 0 Å². The molecule has 3 aromatic rings. The van der Waals surface area contributed by atoms with Crippen LogP contribution in [0.5, 0.6) is 0 Å². The van der Waals surface area contributed by atoms with Gasteiger partial charge in [0.2, 0.25) is 5.91 Å². The van der Waals surface area contributed by atoms with E-state index in [1.807, 2.05) is 12.1 Å². The van der Waals surface area contributed by atoms with Crippen molar-refractivity contribution < 1.29 is 4.79 Å². The number of rotatable bonds is 6. The molecule has 2 aliphatic rings. The maximum absolute atomic E-state index is 12.1. The number of benzene rings is 2. The lowest BCUT2D eigenvalue weighted by Crippen LogP contribution is -2.33. The van der Waals surface area contributed by atoms with Crippen LogP contribution in [-0.4, -0.2) is 16.1 Å². The molecule has 4 nitrogen and oxygen atoms in total.